The molecule has 1 aromatic heterocycles. The zero-order valence-electron chi connectivity index (χ0n) is 32.4. The van der Waals surface area contributed by atoms with Gasteiger partial charge in [0.25, 0.3) is 0 Å². The van der Waals surface area contributed by atoms with Crippen molar-refractivity contribution in [3.05, 3.63) is 72.1 Å². The molecule has 4 aromatic rings. The number of imidazole rings is 1. The van der Waals surface area contributed by atoms with Gasteiger partial charge in [-0.1, -0.05) is 57.2 Å². The number of fused-ring (bicyclic) bond motifs is 2. The molecule has 9 heteroatoms. The van der Waals surface area contributed by atoms with Crippen LogP contribution < -0.4 is 0 Å². The molecular weight excluding hydrogens is 651 g/mol. The first kappa shape index (κ1) is 35.7. The zero-order chi connectivity index (χ0) is 37.3. The van der Waals surface area contributed by atoms with Crippen LogP contribution in [0.4, 0.5) is 15.3 Å². The Morgan fingerprint density at radius 3 is 1.77 bits per heavy atom. The van der Waals surface area contributed by atoms with Gasteiger partial charge in [0, 0.05) is 31.8 Å². The number of carbonyl (C=O) groups is 2. The Hall–Kier alpha value is -4.66. The van der Waals surface area contributed by atoms with E-state index in [4.69, 9.17) is 19.5 Å². The molecule has 52 heavy (non-hydrogen) atoms. The van der Waals surface area contributed by atoms with E-state index in [0.29, 0.717) is 24.9 Å². The van der Waals surface area contributed by atoms with Gasteiger partial charge in [-0.25, -0.2) is 14.6 Å². The van der Waals surface area contributed by atoms with E-state index in [1.807, 2.05) is 58.4 Å². The lowest BCUT2D eigenvalue weighted by Gasteiger charge is -2.29. The molecule has 2 saturated heterocycles. The van der Waals surface area contributed by atoms with E-state index < -0.39 is 11.2 Å². The molecule has 0 spiro atoms. The molecule has 5 atom stereocenters. The van der Waals surface area contributed by atoms with Crippen molar-refractivity contribution in [2.75, 3.05) is 13.1 Å². The van der Waals surface area contributed by atoms with E-state index >= 15 is 0 Å². The van der Waals surface area contributed by atoms with Crippen LogP contribution in [0.5, 0.6) is 0 Å². The fourth-order valence-electron chi connectivity index (χ4n) is 8.14. The van der Waals surface area contributed by atoms with Crippen molar-refractivity contribution < 1.29 is 19.1 Å². The predicted molar refractivity (Wildman–Crippen MR) is 207 cm³/mol. The Morgan fingerprint density at radius 2 is 1.19 bits per heavy atom. The quantitative estimate of drug-likeness (QED) is 0.211. The summed E-state index contributed by atoms with van der Waals surface area (Å²) in [4.78, 5) is 40.2. The molecule has 7 rings (SSSR count). The number of rotatable bonds is 4. The lowest BCUT2D eigenvalue weighted by molar-refractivity contribution is 0.0210. The molecule has 3 aliphatic heterocycles. The second-order valence-electron chi connectivity index (χ2n) is 17.3. The third kappa shape index (κ3) is 6.94. The average Bonchev–Trinajstić information content (AvgIpc) is 3.82. The summed E-state index contributed by atoms with van der Waals surface area (Å²) in [6.07, 6.45) is 1.20. The molecule has 0 N–H and O–H groups in total. The van der Waals surface area contributed by atoms with Gasteiger partial charge in [0.05, 0.1) is 28.8 Å². The van der Waals surface area contributed by atoms with Crippen LogP contribution in [-0.2, 0) is 16.5 Å². The van der Waals surface area contributed by atoms with Crippen LogP contribution in [0.3, 0.4) is 0 Å². The molecule has 3 aliphatic rings. The van der Waals surface area contributed by atoms with Crippen molar-refractivity contribution in [2.45, 2.75) is 104 Å². The maximum atomic E-state index is 13.2. The molecular formula is C43H53N5O4. The van der Waals surface area contributed by atoms with Crippen LogP contribution in [0, 0.1) is 11.8 Å². The SMILES string of the molecule is CC1C([C@@H]2C[C@H](C)CN2C(=O)OC(C)(C)C)=Nc2ccc(-c3ccc(-c4ccc5nc([C@@H]6C[C@H](C)CN6C(=O)OC(C)(C)C)n(C)c5c4)cc3)cc21. The molecule has 1 unspecified atom stereocenters. The van der Waals surface area contributed by atoms with Gasteiger partial charge < -0.3 is 14.0 Å². The van der Waals surface area contributed by atoms with Crippen LogP contribution in [0.15, 0.2) is 65.7 Å². The third-order valence-electron chi connectivity index (χ3n) is 10.6. The molecule has 4 heterocycles. The molecule has 2 amide bonds. The zero-order valence-corrected chi connectivity index (χ0v) is 32.4. The first-order valence-electron chi connectivity index (χ1n) is 18.7. The van der Waals surface area contributed by atoms with Crippen molar-refractivity contribution in [1.82, 2.24) is 19.4 Å². The molecule has 2 fully saturated rings. The van der Waals surface area contributed by atoms with Crippen molar-refractivity contribution in [1.29, 1.82) is 0 Å². The normalized spacial score (nSPS) is 23.3. The highest BCUT2D eigenvalue weighted by Crippen LogP contribution is 2.43. The van der Waals surface area contributed by atoms with Crippen molar-refractivity contribution in [3.63, 3.8) is 0 Å². The van der Waals surface area contributed by atoms with E-state index in [9.17, 15) is 9.59 Å². The summed E-state index contributed by atoms with van der Waals surface area (Å²) < 4.78 is 13.7. The lowest BCUT2D eigenvalue weighted by atomic mass is 9.89. The Kier molecular flexibility index (Phi) is 8.99. The molecule has 0 bridgehead atoms. The van der Waals surface area contributed by atoms with E-state index in [-0.39, 0.29) is 30.2 Å². The molecule has 0 saturated carbocycles. The second kappa shape index (κ2) is 13.1. The van der Waals surface area contributed by atoms with Crippen molar-refractivity contribution in [3.8, 4) is 22.3 Å². The fourth-order valence-corrected chi connectivity index (χ4v) is 8.14. The summed E-state index contributed by atoms with van der Waals surface area (Å²) in [6, 6.07) is 21.4. The van der Waals surface area contributed by atoms with E-state index in [1.165, 1.54) is 5.56 Å². The molecule has 0 radical (unpaired) electrons. The summed E-state index contributed by atoms with van der Waals surface area (Å²) in [5.74, 6) is 1.74. The van der Waals surface area contributed by atoms with Gasteiger partial charge >= 0.3 is 12.2 Å². The summed E-state index contributed by atoms with van der Waals surface area (Å²) in [6.45, 7) is 19.3. The van der Waals surface area contributed by atoms with Gasteiger partial charge in [-0.2, -0.15) is 0 Å². The maximum absolute atomic E-state index is 13.2. The van der Waals surface area contributed by atoms with E-state index in [2.05, 4.69) is 86.0 Å². The third-order valence-corrected chi connectivity index (χ3v) is 10.6. The minimum absolute atomic E-state index is 0.0616. The van der Waals surface area contributed by atoms with E-state index in [0.717, 1.165) is 63.4 Å². The largest absolute Gasteiger partial charge is 0.444 e. The number of hydrogen-bond donors (Lipinski definition) is 0. The number of aromatic nitrogens is 2. The van der Waals surface area contributed by atoms with Gasteiger partial charge in [-0.05, 0) is 118 Å². The topological polar surface area (TPSA) is 89.3 Å². The summed E-state index contributed by atoms with van der Waals surface area (Å²) in [7, 11) is 2.04. The minimum atomic E-state index is -0.553. The number of benzene rings is 3. The number of likely N-dealkylation sites (tertiary alicyclic amines) is 2. The van der Waals surface area contributed by atoms with Crippen molar-refractivity contribution in [2.24, 2.45) is 23.9 Å². The van der Waals surface area contributed by atoms with Crippen LogP contribution >= 0.6 is 0 Å². The first-order valence-corrected chi connectivity index (χ1v) is 18.7. The number of carbonyl (C=O) groups excluding carboxylic acids is 2. The fraction of sp³-hybridized carbons (Fsp3) is 0.488. The average molecular weight is 704 g/mol. The minimum Gasteiger partial charge on any atom is -0.444 e. The van der Waals surface area contributed by atoms with Gasteiger partial charge in [0.15, 0.2) is 0 Å². The Balaban J connectivity index is 1.09. The number of hydrogen-bond acceptors (Lipinski definition) is 6. The van der Waals surface area contributed by atoms with Crippen LogP contribution in [-0.4, -0.2) is 67.6 Å². The van der Waals surface area contributed by atoms with E-state index in [1.54, 1.807) is 0 Å². The molecule has 0 aliphatic carbocycles. The summed E-state index contributed by atoms with van der Waals surface area (Å²) in [5, 5.41) is 0. The highest BCUT2D eigenvalue weighted by molar-refractivity contribution is 6.03. The summed E-state index contributed by atoms with van der Waals surface area (Å²) >= 11 is 0. The molecule has 274 valence electrons. The van der Waals surface area contributed by atoms with Gasteiger partial charge in [0.1, 0.15) is 17.0 Å². The number of ether oxygens (including phenoxy) is 2. The predicted octanol–water partition coefficient (Wildman–Crippen LogP) is 10.1. The summed E-state index contributed by atoms with van der Waals surface area (Å²) in [5.41, 5.74) is 8.59. The van der Waals surface area contributed by atoms with Crippen LogP contribution in [0.25, 0.3) is 33.3 Å². The Morgan fingerprint density at radius 1 is 0.692 bits per heavy atom. The van der Waals surface area contributed by atoms with Gasteiger partial charge in [-0.15, -0.1) is 0 Å². The maximum Gasteiger partial charge on any atom is 0.410 e. The highest BCUT2D eigenvalue weighted by atomic mass is 16.6. The van der Waals surface area contributed by atoms with Crippen molar-refractivity contribution >= 4 is 34.6 Å². The van der Waals surface area contributed by atoms with Crippen LogP contribution in [0.2, 0.25) is 0 Å². The number of nitrogens with zero attached hydrogens (tertiary/aromatic N) is 5. The second-order valence-corrected chi connectivity index (χ2v) is 17.3. The number of aliphatic imine (C=N–C) groups is 1. The molecule has 3 aromatic carbocycles. The highest BCUT2D eigenvalue weighted by Gasteiger charge is 2.42. The molecule has 9 nitrogen and oxygen atoms in total. The Labute approximate surface area is 308 Å². The number of amides is 2. The standard InChI is InChI=1S/C43H53N5O4/c1-25-19-36(47(23-25)40(49)51-42(4,5)6)38-27(3)32-21-30(15-17-33(32)44-38)28-11-13-29(14-12-28)31-16-18-34-35(22-31)46(10)39(45-34)37-20-26(2)24-48(37)41(50)52-43(7,8)9/h11-18,21-22,25-27,36-37H,19-20,23-24H2,1-10H3/t25-,26-,27?,36-,37-/m0/s1. The first-order chi connectivity index (χ1) is 24.5. The van der Waals surface area contributed by atoms with Gasteiger partial charge in [0.2, 0.25) is 0 Å². The number of aryl methyl sites for hydroxylation is 1. The monoisotopic (exact) mass is 703 g/mol. The smallest absolute Gasteiger partial charge is 0.410 e. The Bertz CT molecular complexity index is 2050. The van der Waals surface area contributed by atoms with Crippen LogP contribution in [0.1, 0.15) is 98.5 Å². The van der Waals surface area contributed by atoms with Gasteiger partial charge in [-0.3, -0.25) is 14.8 Å². The lowest BCUT2D eigenvalue weighted by Crippen LogP contribution is -2.44.